The van der Waals surface area contributed by atoms with Crippen molar-refractivity contribution in [1.29, 1.82) is 0 Å². The highest BCUT2D eigenvalue weighted by molar-refractivity contribution is 5.77. The van der Waals surface area contributed by atoms with Gasteiger partial charge in [-0.3, -0.25) is 9.59 Å². The summed E-state index contributed by atoms with van der Waals surface area (Å²) < 4.78 is 5.76. The molecule has 1 saturated heterocycles. The lowest BCUT2D eigenvalue weighted by Gasteiger charge is -2.39. The molecule has 2 amide bonds. The van der Waals surface area contributed by atoms with E-state index in [1.165, 1.54) is 19.3 Å². The number of nitrogens with zero attached hydrogens (tertiary/aromatic N) is 1. The van der Waals surface area contributed by atoms with Gasteiger partial charge in [-0.05, 0) is 37.6 Å². The number of amides is 2. The van der Waals surface area contributed by atoms with Crippen LogP contribution in [0, 0.1) is 5.41 Å². The van der Waals surface area contributed by atoms with Crippen LogP contribution in [0.15, 0.2) is 0 Å². The molecule has 2 aliphatic rings. The molecule has 1 aliphatic carbocycles. The van der Waals surface area contributed by atoms with Gasteiger partial charge in [0.25, 0.3) is 0 Å². The summed E-state index contributed by atoms with van der Waals surface area (Å²) in [6, 6.07) is 0. The Hall–Kier alpha value is -1.14. The van der Waals surface area contributed by atoms with Crippen molar-refractivity contribution in [2.24, 2.45) is 11.1 Å². The van der Waals surface area contributed by atoms with Crippen molar-refractivity contribution in [3.8, 4) is 0 Å². The first kappa shape index (κ1) is 19.2. The van der Waals surface area contributed by atoms with Gasteiger partial charge in [0.2, 0.25) is 11.8 Å². The Morgan fingerprint density at radius 1 is 1.21 bits per heavy atom. The van der Waals surface area contributed by atoms with Crippen LogP contribution in [0.25, 0.3) is 0 Å². The number of hydrogen-bond donors (Lipinski definition) is 2. The third-order valence-corrected chi connectivity index (χ3v) is 5.63. The monoisotopic (exact) mass is 339 g/mol. The average molecular weight is 339 g/mol. The van der Waals surface area contributed by atoms with Crippen molar-refractivity contribution in [3.05, 3.63) is 0 Å². The summed E-state index contributed by atoms with van der Waals surface area (Å²) >= 11 is 0. The molecule has 0 aromatic heterocycles. The van der Waals surface area contributed by atoms with Gasteiger partial charge in [0.1, 0.15) is 0 Å². The van der Waals surface area contributed by atoms with Crippen LogP contribution in [0.5, 0.6) is 0 Å². The van der Waals surface area contributed by atoms with E-state index in [-0.39, 0.29) is 23.3 Å². The van der Waals surface area contributed by atoms with Gasteiger partial charge < -0.3 is 20.7 Å². The zero-order chi connectivity index (χ0) is 17.4. The summed E-state index contributed by atoms with van der Waals surface area (Å²) in [4.78, 5) is 25.8. The van der Waals surface area contributed by atoms with Gasteiger partial charge in [-0.25, -0.2) is 0 Å². The van der Waals surface area contributed by atoms with Crippen LogP contribution in [-0.2, 0) is 14.3 Å². The first-order chi connectivity index (χ1) is 11.6. The Morgan fingerprint density at radius 3 is 2.46 bits per heavy atom. The minimum absolute atomic E-state index is 0.00202. The zero-order valence-corrected chi connectivity index (χ0v) is 15.0. The van der Waals surface area contributed by atoms with Crippen LogP contribution in [-0.4, -0.2) is 56.1 Å². The quantitative estimate of drug-likeness (QED) is 0.735. The molecule has 138 valence electrons. The molecule has 1 aliphatic heterocycles. The molecule has 0 bridgehead atoms. The number of nitrogens with two attached hydrogens (primary N) is 1. The number of carbonyl (C=O) groups is 2. The normalized spacial score (nSPS) is 21.5. The lowest BCUT2D eigenvalue weighted by atomic mass is 9.71. The van der Waals surface area contributed by atoms with Crippen molar-refractivity contribution in [1.82, 2.24) is 10.2 Å². The van der Waals surface area contributed by atoms with Crippen molar-refractivity contribution >= 4 is 11.8 Å². The fourth-order valence-electron chi connectivity index (χ4n) is 3.90. The molecule has 0 spiro atoms. The maximum absolute atomic E-state index is 12.7. The SMILES string of the molecule is CNC(=O)CCOC1CCN(C(=O)CC2(CN)CCCCC2)CC1. The van der Waals surface area contributed by atoms with Gasteiger partial charge in [-0.15, -0.1) is 0 Å². The highest BCUT2D eigenvalue weighted by atomic mass is 16.5. The van der Waals surface area contributed by atoms with Crippen molar-refractivity contribution in [2.75, 3.05) is 33.3 Å². The molecule has 0 atom stereocenters. The molecule has 0 aromatic rings. The third kappa shape index (κ3) is 5.45. The second kappa shape index (κ2) is 9.37. The molecule has 6 heteroatoms. The van der Waals surface area contributed by atoms with Crippen LogP contribution >= 0.6 is 0 Å². The molecule has 0 radical (unpaired) electrons. The predicted octanol–water partition coefficient (Wildman–Crippen LogP) is 1.43. The number of rotatable bonds is 7. The van der Waals surface area contributed by atoms with Crippen LogP contribution in [0.2, 0.25) is 0 Å². The number of carbonyl (C=O) groups excluding carboxylic acids is 2. The van der Waals surface area contributed by atoms with E-state index in [0.29, 0.717) is 26.0 Å². The molecule has 2 fully saturated rings. The number of nitrogens with one attached hydrogen (secondary N) is 1. The molecule has 0 unspecified atom stereocenters. The standard InChI is InChI=1S/C18H33N3O3/c1-20-16(22)7-12-24-15-5-10-21(11-6-15)17(23)13-18(14-19)8-3-2-4-9-18/h15H,2-14,19H2,1H3,(H,20,22). The van der Waals surface area contributed by atoms with Crippen LogP contribution in [0.4, 0.5) is 0 Å². The van der Waals surface area contributed by atoms with E-state index < -0.39 is 0 Å². The van der Waals surface area contributed by atoms with E-state index in [4.69, 9.17) is 10.5 Å². The van der Waals surface area contributed by atoms with E-state index >= 15 is 0 Å². The zero-order valence-electron chi connectivity index (χ0n) is 15.0. The fraction of sp³-hybridized carbons (Fsp3) is 0.889. The lowest BCUT2D eigenvalue weighted by Crippen LogP contribution is -2.45. The second-order valence-electron chi connectivity index (χ2n) is 7.32. The van der Waals surface area contributed by atoms with Gasteiger partial charge in [0.05, 0.1) is 12.7 Å². The molecule has 1 heterocycles. The van der Waals surface area contributed by atoms with E-state index in [1.54, 1.807) is 7.05 Å². The number of piperidine rings is 1. The number of likely N-dealkylation sites (tertiary alicyclic amines) is 1. The molecular weight excluding hydrogens is 306 g/mol. The van der Waals surface area contributed by atoms with Gasteiger partial charge in [0, 0.05) is 33.0 Å². The Labute approximate surface area is 145 Å². The molecule has 2 rings (SSSR count). The van der Waals surface area contributed by atoms with Crippen molar-refractivity contribution in [2.45, 2.75) is 63.9 Å². The summed E-state index contributed by atoms with van der Waals surface area (Å²) in [5.41, 5.74) is 6.04. The van der Waals surface area contributed by atoms with Gasteiger partial charge in [-0.1, -0.05) is 19.3 Å². The van der Waals surface area contributed by atoms with Gasteiger partial charge in [0.15, 0.2) is 0 Å². The first-order valence-electron chi connectivity index (χ1n) is 9.38. The minimum atomic E-state index is 0.00202. The van der Waals surface area contributed by atoms with E-state index in [1.807, 2.05) is 4.90 Å². The third-order valence-electron chi connectivity index (χ3n) is 5.63. The fourth-order valence-corrected chi connectivity index (χ4v) is 3.90. The largest absolute Gasteiger partial charge is 0.378 e. The summed E-state index contributed by atoms with van der Waals surface area (Å²) in [5.74, 6) is 0.258. The van der Waals surface area contributed by atoms with E-state index in [9.17, 15) is 9.59 Å². The molecule has 24 heavy (non-hydrogen) atoms. The lowest BCUT2D eigenvalue weighted by molar-refractivity contribution is -0.136. The summed E-state index contributed by atoms with van der Waals surface area (Å²) in [6.45, 7) is 2.58. The highest BCUT2D eigenvalue weighted by Gasteiger charge is 2.35. The topological polar surface area (TPSA) is 84.7 Å². The number of hydrogen-bond acceptors (Lipinski definition) is 4. The Kier molecular flexibility index (Phi) is 7.49. The second-order valence-corrected chi connectivity index (χ2v) is 7.32. The Morgan fingerprint density at radius 2 is 1.88 bits per heavy atom. The summed E-state index contributed by atoms with van der Waals surface area (Å²) in [7, 11) is 1.63. The average Bonchev–Trinajstić information content (AvgIpc) is 2.62. The summed E-state index contributed by atoms with van der Waals surface area (Å²) in [6.07, 6.45) is 8.73. The maximum atomic E-state index is 12.7. The number of ether oxygens (including phenoxy) is 1. The summed E-state index contributed by atoms with van der Waals surface area (Å²) in [5, 5.41) is 2.59. The molecule has 1 saturated carbocycles. The van der Waals surface area contributed by atoms with Crippen molar-refractivity contribution in [3.63, 3.8) is 0 Å². The smallest absolute Gasteiger partial charge is 0.223 e. The molecule has 0 aromatic carbocycles. The van der Waals surface area contributed by atoms with Gasteiger partial charge in [-0.2, -0.15) is 0 Å². The van der Waals surface area contributed by atoms with Gasteiger partial charge >= 0.3 is 0 Å². The van der Waals surface area contributed by atoms with Crippen LogP contribution in [0.1, 0.15) is 57.8 Å². The van der Waals surface area contributed by atoms with E-state index in [2.05, 4.69) is 5.32 Å². The minimum Gasteiger partial charge on any atom is -0.378 e. The highest BCUT2D eigenvalue weighted by Crippen LogP contribution is 2.39. The van der Waals surface area contributed by atoms with Crippen LogP contribution in [0.3, 0.4) is 0 Å². The van der Waals surface area contributed by atoms with Crippen LogP contribution < -0.4 is 11.1 Å². The predicted molar refractivity (Wildman–Crippen MR) is 93.4 cm³/mol. The van der Waals surface area contributed by atoms with Crippen molar-refractivity contribution < 1.29 is 14.3 Å². The first-order valence-corrected chi connectivity index (χ1v) is 9.38. The van der Waals surface area contributed by atoms with E-state index in [0.717, 1.165) is 38.8 Å². The maximum Gasteiger partial charge on any atom is 0.223 e. The Bertz CT molecular complexity index is 414. The molecule has 6 nitrogen and oxygen atoms in total. The molecule has 3 N–H and O–H groups in total. The Balaban J connectivity index is 1.71. The molecular formula is C18H33N3O3.